The first-order valence-corrected chi connectivity index (χ1v) is 4.42. The van der Waals surface area contributed by atoms with Crippen molar-refractivity contribution in [2.75, 3.05) is 0 Å². The molecule has 0 bridgehead atoms. The molecule has 0 aliphatic carbocycles. The van der Waals surface area contributed by atoms with Gasteiger partial charge in [0.15, 0.2) is 0 Å². The Morgan fingerprint density at radius 1 is 1.29 bits per heavy atom. The van der Waals surface area contributed by atoms with Crippen molar-refractivity contribution in [2.45, 2.75) is 6.92 Å². The first-order chi connectivity index (χ1) is 6.63. The molecule has 0 saturated heterocycles. The van der Waals surface area contributed by atoms with E-state index in [4.69, 9.17) is 5.11 Å². The first-order valence-electron chi connectivity index (χ1n) is 4.42. The third kappa shape index (κ3) is 2.63. The first kappa shape index (κ1) is 10.3. The summed E-state index contributed by atoms with van der Waals surface area (Å²) in [7, 11) is 0. The highest BCUT2D eigenvalue weighted by molar-refractivity contribution is 5.75. The van der Waals surface area contributed by atoms with E-state index in [2.05, 4.69) is 13.2 Å². The molecule has 0 aromatic heterocycles. The Morgan fingerprint density at radius 2 is 1.86 bits per heavy atom. The average Bonchev–Trinajstić information content (AvgIpc) is 2.15. The fourth-order valence-electron chi connectivity index (χ4n) is 1.18. The lowest BCUT2D eigenvalue weighted by Crippen LogP contribution is -1.80. The van der Waals surface area contributed by atoms with E-state index in [1.54, 1.807) is 18.2 Å². The Morgan fingerprint density at radius 3 is 2.29 bits per heavy atom. The summed E-state index contributed by atoms with van der Waals surface area (Å²) in [6.45, 7) is 9.49. The molecule has 0 radical (unpaired) electrons. The van der Waals surface area contributed by atoms with E-state index in [9.17, 15) is 0 Å². The minimum atomic E-state index is 0.271. The van der Waals surface area contributed by atoms with Crippen molar-refractivity contribution in [3.8, 4) is 5.75 Å². The second kappa shape index (κ2) is 4.47. The van der Waals surface area contributed by atoms with Crippen molar-refractivity contribution in [3.63, 3.8) is 0 Å². The second-order valence-corrected chi connectivity index (χ2v) is 3.20. The number of allylic oxidation sites excluding steroid dienone is 4. The van der Waals surface area contributed by atoms with Crippen LogP contribution in [0.2, 0.25) is 0 Å². The molecule has 1 N–H and O–H groups in total. The Kier molecular flexibility index (Phi) is 3.29. The molecule has 0 fully saturated rings. The maximum absolute atomic E-state index is 9.13. The third-order valence-corrected chi connectivity index (χ3v) is 1.82. The molecular formula is C13H14O. The Bertz CT molecular complexity index is 369. The van der Waals surface area contributed by atoms with Gasteiger partial charge in [-0.25, -0.2) is 0 Å². The monoisotopic (exact) mass is 186 g/mol. The van der Waals surface area contributed by atoms with E-state index >= 15 is 0 Å². The lowest BCUT2D eigenvalue weighted by molar-refractivity contribution is 0.475. The summed E-state index contributed by atoms with van der Waals surface area (Å²) in [4.78, 5) is 0. The lowest BCUT2D eigenvalue weighted by Gasteiger charge is -2.02. The normalized spacial score (nSPS) is 11.1. The summed E-state index contributed by atoms with van der Waals surface area (Å²) in [5, 5.41) is 9.13. The van der Waals surface area contributed by atoms with E-state index in [1.807, 2.05) is 25.1 Å². The number of benzene rings is 1. The summed E-state index contributed by atoms with van der Waals surface area (Å²) in [6, 6.07) is 7.02. The molecule has 1 aromatic carbocycles. The van der Waals surface area contributed by atoms with E-state index < -0.39 is 0 Å². The second-order valence-electron chi connectivity index (χ2n) is 3.20. The minimum Gasteiger partial charge on any atom is -0.508 e. The predicted molar refractivity (Wildman–Crippen MR) is 61.1 cm³/mol. The van der Waals surface area contributed by atoms with Crippen molar-refractivity contribution in [2.24, 2.45) is 0 Å². The van der Waals surface area contributed by atoms with Crippen LogP contribution in [-0.2, 0) is 0 Å². The number of phenols is 1. The van der Waals surface area contributed by atoms with Gasteiger partial charge in [-0.2, -0.15) is 0 Å². The zero-order valence-corrected chi connectivity index (χ0v) is 8.33. The summed E-state index contributed by atoms with van der Waals surface area (Å²) in [5.74, 6) is 0.271. The maximum atomic E-state index is 9.13. The Balaban J connectivity index is 3.07. The van der Waals surface area contributed by atoms with Gasteiger partial charge >= 0.3 is 0 Å². The van der Waals surface area contributed by atoms with Crippen molar-refractivity contribution in [1.29, 1.82) is 0 Å². The average molecular weight is 186 g/mol. The topological polar surface area (TPSA) is 20.2 Å². The molecular weight excluding hydrogens is 172 g/mol. The smallest absolute Gasteiger partial charge is 0.115 e. The molecule has 1 aromatic rings. The highest BCUT2D eigenvalue weighted by Gasteiger charge is 1.96. The number of aromatic hydroxyl groups is 1. The molecule has 1 nitrogen and oxygen atoms in total. The summed E-state index contributed by atoms with van der Waals surface area (Å²) in [5.41, 5.74) is 3.02. The van der Waals surface area contributed by atoms with Crippen LogP contribution in [0.3, 0.4) is 0 Å². The minimum absolute atomic E-state index is 0.271. The fourth-order valence-corrected chi connectivity index (χ4v) is 1.18. The van der Waals surface area contributed by atoms with Crippen molar-refractivity contribution < 1.29 is 5.11 Å². The van der Waals surface area contributed by atoms with Crippen LogP contribution in [0.5, 0.6) is 5.75 Å². The Hall–Kier alpha value is -1.76. The number of phenolic OH excluding ortho intramolecular Hbond substituents is 1. The highest BCUT2D eigenvalue weighted by Crippen LogP contribution is 2.19. The van der Waals surface area contributed by atoms with Gasteiger partial charge < -0.3 is 5.11 Å². The van der Waals surface area contributed by atoms with Gasteiger partial charge in [-0.1, -0.05) is 43.0 Å². The SMILES string of the molecule is C=C/C(=C\C(=C)C)c1ccc(O)cc1. The molecule has 1 rings (SSSR count). The number of hydrogen-bond acceptors (Lipinski definition) is 1. The molecule has 72 valence electrons. The molecule has 0 heterocycles. The fraction of sp³-hybridized carbons (Fsp3) is 0.0769. The quantitative estimate of drug-likeness (QED) is 0.716. The van der Waals surface area contributed by atoms with Gasteiger partial charge in [-0.05, 0) is 30.2 Å². The molecule has 0 atom stereocenters. The maximum Gasteiger partial charge on any atom is 0.115 e. The lowest BCUT2D eigenvalue weighted by atomic mass is 10.0. The van der Waals surface area contributed by atoms with Gasteiger partial charge in [0.2, 0.25) is 0 Å². The van der Waals surface area contributed by atoms with E-state index in [-0.39, 0.29) is 5.75 Å². The summed E-state index contributed by atoms with van der Waals surface area (Å²) >= 11 is 0. The van der Waals surface area contributed by atoms with Crippen LogP contribution < -0.4 is 0 Å². The van der Waals surface area contributed by atoms with Crippen LogP contribution in [0.25, 0.3) is 5.57 Å². The number of rotatable bonds is 3. The zero-order valence-electron chi connectivity index (χ0n) is 8.33. The Labute approximate surface area is 84.7 Å². The predicted octanol–water partition coefficient (Wildman–Crippen LogP) is 3.54. The van der Waals surface area contributed by atoms with Crippen molar-refractivity contribution in [1.82, 2.24) is 0 Å². The van der Waals surface area contributed by atoms with E-state index in [0.29, 0.717) is 0 Å². The molecule has 14 heavy (non-hydrogen) atoms. The largest absolute Gasteiger partial charge is 0.508 e. The van der Waals surface area contributed by atoms with Crippen LogP contribution in [-0.4, -0.2) is 5.11 Å². The van der Waals surface area contributed by atoms with Crippen LogP contribution >= 0.6 is 0 Å². The third-order valence-electron chi connectivity index (χ3n) is 1.82. The number of hydrogen-bond donors (Lipinski definition) is 1. The highest BCUT2D eigenvalue weighted by atomic mass is 16.3. The molecule has 0 aliphatic rings. The van der Waals surface area contributed by atoms with Gasteiger partial charge in [0.05, 0.1) is 0 Å². The van der Waals surface area contributed by atoms with Crippen LogP contribution in [0.15, 0.2) is 55.1 Å². The van der Waals surface area contributed by atoms with Crippen molar-refractivity contribution >= 4 is 5.57 Å². The summed E-state index contributed by atoms with van der Waals surface area (Å²) in [6.07, 6.45) is 3.74. The van der Waals surface area contributed by atoms with Crippen LogP contribution in [0.1, 0.15) is 12.5 Å². The molecule has 0 amide bonds. The van der Waals surface area contributed by atoms with E-state index in [1.165, 1.54) is 0 Å². The molecule has 1 heteroatoms. The van der Waals surface area contributed by atoms with E-state index in [0.717, 1.165) is 16.7 Å². The molecule has 0 saturated carbocycles. The van der Waals surface area contributed by atoms with Crippen LogP contribution in [0, 0.1) is 0 Å². The molecule has 0 aliphatic heterocycles. The van der Waals surface area contributed by atoms with Gasteiger partial charge in [0.25, 0.3) is 0 Å². The zero-order chi connectivity index (χ0) is 10.6. The van der Waals surface area contributed by atoms with Crippen molar-refractivity contribution in [3.05, 3.63) is 60.7 Å². The molecule has 0 unspecified atom stereocenters. The standard InChI is InChI=1S/C13H14O/c1-4-11(9-10(2)3)12-5-7-13(14)8-6-12/h4-9,14H,1-2H2,3H3/b11-9+. The van der Waals surface area contributed by atoms with Gasteiger partial charge in [0, 0.05) is 0 Å². The summed E-state index contributed by atoms with van der Waals surface area (Å²) < 4.78 is 0. The van der Waals surface area contributed by atoms with Gasteiger partial charge in [-0.15, -0.1) is 0 Å². The van der Waals surface area contributed by atoms with Gasteiger partial charge in [0.1, 0.15) is 5.75 Å². The van der Waals surface area contributed by atoms with Gasteiger partial charge in [-0.3, -0.25) is 0 Å². The molecule has 0 spiro atoms. The van der Waals surface area contributed by atoms with Crippen LogP contribution in [0.4, 0.5) is 0 Å².